The number of hydrogen-bond acceptors (Lipinski definition) is 4. The molecular weight excluding hydrogens is 408 g/mol. The van der Waals surface area contributed by atoms with E-state index in [1.165, 1.54) is 4.90 Å². The van der Waals surface area contributed by atoms with Gasteiger partial charge in [-0.05, 0) is 48.5 Å². The average molecular weight is 433 g/mol. The van der Waals surface area contributed by atoms with Crippen LogP contribution in [0, 0.1) is 0 Å². The minimum Gasteiger partial charge on any atom is -0.493 e. The number of carbonyl (C=O) groups excluding carboxylic acids is 2. The predicted octanol–water partition coefficient (Wildman–Crippen LogP) is 5.03. The van der Waals surface area contributed by atoms with Gasteiger partial charge in [-0.1, -0.05) is 36.4 Å². The monoisotopic (exact) mass is 432 g/mol. The Labute approximate surface area is 186 Å². The van der Waals surface area contributed by atoms with E-state index in [2.05, 4.69) is 29.3 Å². The van der Waals surface area contributed by atoms with Gasteiger partial charge in [0.15, 0.2) is 0 Å². The molecular formula is C25H24N2O3S. The van der Waals surface area contributed by atoms with E-state index in [0.29, 0.717) is 35.7 Å². The first-order chi connectivity index (χ1) is 15.2. The Bertz CT molecular complexity index is 1020. The summed E-state index contributed by atoms with van der Waals surface area (Å²) < 4.78 is 5.76. The quantitative estimate of drug-likeness (QED) is 0.268. The van der Waals surface area contributed by atoms with Gasteiger partial charge < -0.3 is 15.4 Å². The second-order valence-corrected chi connectivity index (χ2v) is 7.70. The van der Waals surface area contributed by atoms with Crippen molar-refractivity contribution < 1.29 is 14.3 Å². The Morgan fingerprint density at radius 3 is 2.35 bits per heavy atom. The lowest BCUT2D eigenvalue weighted by Crippen LogP contribution is -2.25. The third-order valence-corrected chi connectivity index (χ3v) is 5.28. The number of benzene rings is 3. The van der Waals surface area contributed by atoms with Gasteiger partial charge in [0.1, 0.15) is 5.75 Å². The molecule has 2 amide bonds. The number of thioether (sulfide) groups is 1. The molecule has 0 fully saturated rings. The van der Waals surface area contributed by atoms with Crippen molar-refractivity contribution in [2.24, 2.45) is 0 Å². The van der Waals surface area contributed by atoms with E-state index in [0.717, 1.165) is 5.75 Å². The highest BCUT2D eigenvalue weighted by molar-refractivity contribution is 7.99. The summed E-state index contributed by atoms with van der Waals surface area (Å²) >= 11 is 1.73. The van der Waals surface area contributed by atoms with Crippen molar-refractivity contribution >= 4 is 29.3 Å². The molecule has 5 nitrogen and oxygen atoms in total. The minimum atomic E-state index is -0.296. The van der Waals surface area contributed by atoms with Gasteiger partial charge in [-0.3, -0.25) is 9.59 Å². The third-order valence-electron chi connectivity index (χ3n) is 4.31. The number of anilines is 1. The lowest BCUT2D eigenvalue weighted by atomic mass is 10.1. The zero-order valence-electron chi connectivity index (χ0n) is 17.0. The summed E-state index contributed by atoms with van der Waals surface area (Å²) in [6, 6.07) is 24.0. The zero-order chi connectivity index (χ0) is 21.9. The molecule has 0 aliphatic carbocycles. The first-order valence-corrected chi connectivity index (χ1v) is 10.9. The molecule has 0 saturated heterocycles. The predicted molar refractivity (Wildman–Crippen MR) is 126 cm³/mol. The number of ether oxygens (including phenoxy) is 1. The summed E-state index contributed by atoms with van der Waals surface area (Å²) in [5.74, 6) is 0.967. The zero-order valence-corrected chi connectivity index (χ0v) is 17.9. The molecule has 3 aromatic carbocycles. The second-order valence-electron chi connectivity index (χ2n) is 6.53. The Morgan fingerprint density at radius 2 is 1.61 bits per heavy atom. The van der Waals surface area contributed by atoms with Gasteiger partial charge in [-0.25, -0.2) is 0 Å². The molecule has 0 saturated carbocycles. The summed E-state index contributed by atoms with van der Waals surface area (Å²) in [6.45, 7) is 4.51. The van der Waals surface area contributed by atoms with Crippen LogP contribution in [0.25, 0.3) is 0 Å². The Morgan fingerprint density at radius 1 is 0.903 bits per heavy atom. The smallest absolute Gasteiger partial charge is 0.255 e. The molecule has 2 N–H and O–H groups in total. The van der Waals surface area contributed by atoms with Crippen LogP contribution in [-0.2, 0) is 0 Å². The summed E-state index contributed by atoms with van der Waals surface area (Å²) in [7, 11) is 0. The summed E-state index contributed by atoms with van der Waals surface area (Å²) in [6.07, 6.45) is 1.60. The van der Waals surface area contributed by atoms with Gasteiger partial charge in [0.05, 0.1) is 17.9 Å². The van der Waals surface area contributed by atoms with Crippen molar-refractivity contribution in [1.29, 1.82) is 0 Å². The van der Waals surface area contributed by atoms with E-state index in [4.69, 9.17) is 4.74 Å². The number of hydrogen-bond donors (Lipinski definition) is 2. The van der Waals surface area contributed by atoms with Gasteiger partial charge in [-0.2, -0.15) is 0 Å². The van der Waals surface area contributed by atoms with Crippen molar-refractivity contribution in [2.75, 3.05) is 24.2 Å². The molecule has 0 atom stereocenters. The lowest BCUT2D eigenvalue weighted by molar-refractivity contribution is 0.0959. The highest BCUT2D eigenvalue weighted by atomic mass is 32.2. The maximum absolute atomic E-state index is 12.6. The minimum absolute atomic E-state index is 0.270. The highest BCUT2D eigenvalue weighted by Gasteiger charge is 2.13. The number of nitrogens with one attached hydrogen (secondary N) is 2. The van der Waals surface area contributed by atoms with Crippen LogP contribution < -0.4 is 15.4 Å². The number of para-hydroxylation sites is 1. The third kappa shape index (κ3) is 6.76. The molecule has 0 spiro atoms. The average Bonchev–Trinajstić information content (AvgIpc) is 2.81. The van der Waals surface area contributed by atoms with E-state index in [9.17, 15) is 9.59 Å². The Hall–Kier alpha value is -3.51. The number of rotatable bonds is 10. The van der Waals surface area contributed by atoms with Crippen molar-refractivity contribution in [3.8, 4) is 5.75 Å². The largest absolute Gasteiger partial charge is 0.493 e. The summed E-state index contributed by atoms with van der Waals surface area (Å²) in [5, 5.41) is 5.52. The van der Waals surface area contributed by atoms with E-state index in [1.807, 2.05) is 18.2 Å². The fourth-order valence-corrected chi connectivity index (χ4v) is 3.53. The molecule has 3 rings (SSSR count). The van der Waals surface area contributed by atoms with Crippen LogP contribution in [0.4, 0.5) is 5.69 Å². The molecule has 0 unspecified atom stereocenters. The molecule has 0 bridgehead atoms. The highest BCUT2D eigenvalue weighted by Crippen LogP contribution is 2.19. The molecule has 31 heavy (non-hydrogen) atoms. The summed E-state index contributed by atoms with van der Waals surface area (Å²) in [4.78, 5) is 26.1. The number of carbonyl (C=O) groups is 2. The molecule has 0 aromatic heterocycles. The molecule has 6 heteroatoms. The van der Waals surface area contributed by atoms with Crippen LogP contribution in [0.5, 0.6) is 5.75 Å². The van der Waals surface area contributed by atoms with Gasteiger partial charge in [-0.15, -0.1) is 18.3 Å². The first kappa shape index (κ1) is 22.2. The van der Waals surface area contributed by atoms with Gasteiger partial charge >= 0.3 is 0 Å². The van der Waals surface area contributed by atoms with Crippen molar-refractivity contribution in [3.05, 3.63) is 103 Å². The van der Waals surface area contributed by atoms with Crippen LogP contribution in [0.1, 0.15) is 20.7 Å². The first-order valence-electron chi connectivity index (χ1n) is 9.87. The van der Waals surface area contributed by atoms with Crippen LogP contribution >= 0.6 is 11.8 Å². The molecule has 3 aromatic rings. The van der Waals surface area contributed by atoms with Crippen molar-refractivity contribution in [1.82, 2.24) is 5.32 Å². The lowest BCUT2D eigenvalue weighted by Gasteiger charge is -2.11. The second kappa shape index (κ2) is 11.6. The topological polar surface area (TPSA) is 67.4 Å². The molecule has 0 aliphatic heterocycles. The molecule has 0 aliphatic rings. The maximum Gasteiger partial charge on any atom is 0.255 e. The SMILES string of the molecule is C=CCNC(=O)c1ccccc1NC(=O)c1ccc(OCCSc2ccccc2)cc1. The molecule has 0 heterocycles. The van der Waals surface area contributed by atoms with Gasteiger partial charge in [0, 0.05) is 22.8 Å². The van der Waals surface area contributed by atoms with E-state index in [-0.39, 0.29) is 11.8 Å². The normalized spacial score (nSPS) is 10.2. The fourth-order valence-electron chi connectivity index (χ4n) is 2.78. The van der Waals surface area contributed by atoms with Crippen LogP contribution in [0.3, 0.4) is 0 Å². The fraction of sp³-hybridized carbons (Fsp3) is 0.120. The Balaban J connectivity index is 1.53. The number of amides is 2. The summed E-state index contributed by atoms with van der Waals surface area (Å²) in [5.41, 5.74) is 1.33. The van der Waals surface area contributed by atoms with Gasteiger partial charge in [0.25, 0.3) is 11.8 Å². The Kier molecular flexibility index (Phi) is 8.31. The van der Waals surface area contributed by atoms with Crippen LogP contribution in [-0.4, -0.2) is 30.7 Å². The van der Waals surface area contributed by atoms with Gasteiger partial charge in [0.2, 0.25) is 0 Å². The maximum atomic E-state index is 12.6. The molecule has 0 radical (unpaired) electrons. The van der Waals surface area contributed by atoms with Crippen molar-refractivity contribution in [2.45, 2.75) is 4.90 Å². The van der Waals surface area contributed by atoms with Crippen molar-refractivity contribution in [3.63, 3.8) is 0 Å². The van der Waals surface area contributed by atoms with E-state index >= 15 is 0 Å². The van der Waals surface area contributed by atoms with Crippen LogP contribution in [0.2, 0.25) is 0 Å². The van der Waals surface area contributed by atoms with E-state index < -0.39 is 0 Å². The van der Waals surface area contributed by atoms with E-state index in [1.54, 1.807) is 66.4 Å². The van der Waals surface area contributed by atoms with Crippen LogP contribution in [0.15, 0.2) is 96.4 Å². The standard InChI is InChI=1S/C25H24N2O3S/c1-2-16-26-25(29)22-10-6-7-11-23(22)27-24(28)19-12-14-20(15-13-19)30-17-18-31-21-8-4-3-5-9-21/h2-15H,1,16-18H2,(H,26,29)(H,27,28). The molecule has 158 valence electrons.